The molecule has 1 unspecified atom stereocenters. The second kappa shape index (κ2) is 7.32. The van der Waals surface area contributed by atoms with Gasteiger partial charge in [0.15, 0.2) is 0 Å². The molecule has 1 aromatic heterocycles. The van der Waals surface area contributed by atoms with E-state index in [1.54, 1.807) is 0 Å². The smallest absolute Gasteiger partial charge is 0.232 e. The summed E-state index contributed by atoms with van der Waals surface area (Å²) in [5, 5.41) is 4.22. The molecule has 0 radical (unpaired) electrons. The predicted molar refractivity (Wildman–Crippen MR) is 106 cm³/mol. The van der Waals surface area contributed by atoms with E-state index < -0.39 is 0 Å². The zero-order valence-corrected chi connectivity index (χ0v) is 17.0. The molecule has 3 heterocycles. The number of benzene rings is 1. The van der Waals surface area contributed by atoms with Gasteiger partial charge in [0.2, 0.25) is 17.6 Å². The predicted octanol–water partition coefficient (Wildman–Crippen LogP) is 3.90. The van der Waals surface area contributed by atoms with E-state index in [0.29, 0.717) is 18.3 Å². The topological polar surface area (TPSA) is 68.5 Å². The van der Waals surface area contributed by atoms with E-state index in [0.717, 1.165) is 44.6 Å². The molecule has 1 atom stereocenters. The quantitative estimate of drug-likeness (QED) is 0.801. The molecule has 1 spiro atoms. The second-order valence-corrected chi connectivity index (χ2v) is 8.77. The van der Waals surface area contributed by atoms with Crippen LogP contribution in [-0.4, -0.2) is 47.3 Å². The van der Waals surface area contributed by atoms with Gasteiger partial charge in [-0.15, -0.1) is 0 Å². The zero-order valence-electron chi connectivity index (χ0n) is 17.0. The van der Waals surface area contributed by atoms with Crippen LogP contribution in [0, 0.1) is 10.8 Å². The van der Waals surface area contributed by atoms with Crippen molar-refractivity contribution < 1.29 is 14.1 Å². The van der Waals surface area contributed by atoms with Gasteiger partial charge in [-0.2, -0.15) is 4.98 Å². The van der Waals surface area contributed by atoms with Crippen LogP contribution in [0.15, 0.2) is 34.9 Å². The van der Waals surface area contributed by atoms with Crippen LogP contribution in [-0.2, 0) is 9.53 Å². The van der Waals surface area contributed by atoms with Crippen molar-refractivity contribution in [3.05, 3.63) is 36.2 Å². The summed E-state index contributed by atoms with van der Waals surface area (Å²) in [7, 11) is 0. The highest BCUT2D eigenvalue weighted by molar-refractivity contribution is 5.82. The summed E-state index contributed by atoms with van der Waals surface area (Å²) < 4.78 is 11.4. The molecule has 1 aromatic carbocycles. The van der Waals surface area contributed by atoms with Crippen molar-refractivity contribution in [2.75, 3.05) is 26.3 Å². The van der Waals surface area contributed by atoms with Crippen LogP contribution in [0.5, 0.6) is 0 Å². The molecule has 2 saturated heterocycles. The molecule has 2 fully saturated rings. The summed E-state index contributed by atoms with van der Waals surface area (Å²) in [5.41, 5.74) is 0.542. The normalized spacial score (nSPS) is 22.0. The van der Waals surface area contributed by atoms with Crippen LogP contribution >= 0.6 is 0 Å². The first-order valence-electron chi connectivity index (χ1n) is 10.2. The van der Waals surface area contributed by atoms with E-state index in [4.69, 9.17) is 14.2 Å². The standard InChI is InChI=1S/C22H29N3O3/c1-4-21(2,3)20(26)25-14-17(22(15-25)10-12-27-13-11-22)19-23-18(24-28-19)16-8-6-5-7-9-16/h5-9,17H,4,10-15H2,1-3H3. The van der Waals surface area contributed by atoms with Gasteiger partial charge in [0.1, 0.15) is 0 Å². The highest BCUT2D eigenvalue weighted by Crippen LogP contribution is 2.50. The molecule has 1 amide bonds. The van der Waals surface area contributed by atoms with Crippen molar-refractivity contribution in [2.24, 2.45) is 10.8 Å². The molecule has 0 bridgehead atoms. The Bertz CT molecular complexity index is 825. The van der Waals surface area contributed by atoms with Crippen molar-refractivity contribution in [2.45, 2.75) is 46.0 Å². The summed E-state index contributed by atoms with van der Waals surface area (Å²) in [6, 6.07) is 9.86. The highest BCUT2D eigenvalue weighted by atomic mass is 16.5. The van der Waals surface area contributed by atoms with Crippen molar-refractivity contribution in [3.63, 3.8) is 0 Å². The Morgan fingerprint density at radius 2 is 1.96 bits per heavy atom. The lowest BCUT2D eigenvalue weighted by atomic mass is 9.72. The van der Waals surface area contributed by atoms with Crippen molar-refractivity contribution in [1.29, 1.82) is 0 Å². The molecule has 2 aliphatic rings. The fourth-order valence-electron chi connectivity index (χ4n) is 4.41. The monoisotopic (exact) mass is 383 g/mol. The van der Waals surface area contributed by atoms with Crippen LogP contribution in [0.4, 0.5) is 0 Å². The Labute approximate surface area is 166 Å². The van der Waals surface area contributed by atoms with E-state index in [1.807, 2.05) is 49.1 Å². The fraction of sp³-hybridized carbons (Fsp3) is 0.591. The lowest BCUT2D eigenvalue weighted by molar-refractivity contribution is -0.140. The van der Waals surface area contributed by atoms with E-state index in [1.165, 1.54) is 0 Å². The number of carbonyl (C=O) groups excluding carboxylic acids is 1. The summed E-state index contributed by atoms with van der Waals surface area (Å²) in [6.07, 6.45) is 2.65. The Kier molecular flexibility index (Phi) is 5.00. The summed E-state index contributed by atoms with van der Waals surface area (Å²) >= 11 is 0. The number of aromatic nitrogens is 2. The molecule has 28 heavy (non-hydrogen) atoms. The maximum atomic E-state index is 13.2. The Hall–Kier alpha value is -2.21. The number of amides is 1. The lowest BCUT2D eigenvalue weighted by Gasteiger charge is -2.36. The molecule has 6 nitrogen and oxygen atoms in total. The molecule has 0 N–H and O–H groups in total. The molecule has 6 heteroatoms. The fourth-order valence-corrected chi connectivity index (χ4v) is 4.41. The van der Waals surface area contributed by atoms with Crippen LogP contribution in [0.3, 0.4) is 0 Å². The van der Waals surface area contributed by atoms with Gasteiger partial charge < -0.3 is 14.2 Å². The third kappa shape index (κ3) is 3.34. The van der Waals surface area contributed by atoms with Gasteiger partial charge in [0.05, 0.1) is 5.92 Å². The molecule has 4 rings (SSSR count). The second-order valence-electron chi connectivity index (χ2n) is 8.77. The number of nitrogens with zero attached hydrogens (tertiary/aromatic N) is 3. The lowest BCUT2D eigenvalue weighted by Crippen LogP contribution is -2.41. The molecule has 0 aliphatic carbocycles. The third-order valence-corrected chi connectivity index (χ3v) is 6.66. The van der Waals surface area contributed by atoms with E-state index in [-0.39, 0.29) is 22.7 Å². The summed E-state index contributed by atoms with van der Waals surface area (Å²) in [5.74, 6) is 1.52. The summed E-state index contributed by atoms with van der Waals surface area (Å²) in [4.78, 5) is 19.9. The first-order valence-corrected chi connectivity index (χ1v) is 10.2. The van der Waals surface area contributed by atoms with E-state index in [2.05, 4.69) is 12.1 Å². The molecule has 0 saturated carbocycles. The number of ether oxygens (including phenoxy) is 1. The minimum absolute atomic E-state index is 0.0434. The van der Waals surface area contributed by atoms with Gasteiger partial charge in [-0.05, 0) is 19.3 Å². The number of rotatable bonds is 4. The Morgan fingerprint density at radius 3 is 2.64 bits per heavy atom. The van der Waals surface area contributed by atoms with Crippen LogP contribution in [0.2, 0.25) is 0 Å². The molecule has 2 aromatic rings. The van der Waals surface area contributed by atoms with Crippen molar-refractivity contribution >= 4 is 5.91 Å². The first kappa shape index (κ1) is 19.1. The molecular weight excluding hydrogens is 354 g/mol. The van der Waals surface area contributed by atoms with Gasteiger partial charge in [-0.25, -0.2) is 0 Å². The largest absolute Gasteiger partial charge is 0.381 e. The van der Waals surface area contributed by atoms with Gasteiger partial charge in [0.25, 0.3) is 0 Å². The van der Waals surface area contributed by atoms with Crippen molar-refractivity contribution in [3.8, 4) is 11.4 Å². The van der Waals surface area contributed by atoms with Crippen LogP contribution in [0.25, 0.3) is 11.4 Å². The van der Waals surface area contributed by atoms with Crippen LogP contribution in [0.1, 0.15) is 51.8 Å². The summed E-state index contributed by atoms with van der Waals surface area (Å²) in [6.45, 7) is 8.94. The Morgan fingerprint density at radius 1 is 1.25 bits per heavy atom. The van der Waals surface area contributed by atoms with Crippen LogP contribution < -0.4 is 0 Å². The van der Waals surface area contributed by atoms with Gasteiger partial charge in [0, 0.05) is 42.7 Å². The molecule has 2 aliphatic heterocycles. The van der Waals surface area contributed by atoms with Gasteiger partial charge in [-0.1, -0.05) is 56.3 Å². The van der Waals surface area contributed by atoms with E-state index >= 15 is 0 Å². The number of hydrogen-bond donors (Lipinski definition) is 0. The number of likely N-dealkylation sites (tertiary alicyclic amines) is 1. The third-order valence-electron chi connectivity index (χ3n) is 6.66. The number of carbonyl (C=O) groups is 1. The minimum atomic E-state index is -0.356. The van der Waals surface area contributed by atoms with Crippen molar-refractivity contribution in [1.82, 2.24) is 15.0 Å². The average Bonchev–Trinajstić information content (AvgIpc) is 3.34. The SMILES string of the molecule is CCC(C)(C)C(=O)N1CC(c2nc(-c3ccccc3)no2)C2(CCOCC2)C1. The maximum absolute atomic E-state index is 13.2. The minimum Gasteiger partial charge on any atom is -0.381 e. The Balaban J connectivity index is 1.64. The zero-order chi connectivity index (χ0) is 19.8. The average molecular weight is 383 g/mol. The highest BCUT2D eigenvalue weighted by Gasteiger charge is 2.52. The number of hydrogen-bond acceptors (Lipinski definition) is 5. The first-order chi connectivity index (χ1) is 13.5. The van der Waals surface area contributed by atoms with Gasteiger partial charge >= 0.3 is 0 Å². The van der Waals surface area contributed by atoms with Gasteiger partial charge in [-0.3, -0.25) is 4.79 Å². The molecular formula is C22H29N3O3. The van der Waals surface area contributed by atoms with E-state index in [9.17, 15) is 4.79 Å². The molecule has 150 valence electrons. The maximum Gasteiger partial charge on any atom is 0.232 e.